The molecule has 0 bridgehead atoms. The Hall–Kier alpha value is -2.85. The summed E-state index contributed by atoms with van der Waals surface area (Å²) in [6.07, 6.45) is 7.28. The first-order valence-corrected chi connectivity index (χ1v) is 10.3. The molecule has 2 heterocycles. The smallest absolute Gasteiger partial charge is 0.244 e. The van der Waals surface area contributed by atoms with Gasteiger partial charge in [-0.3, -0.25) is 4.79 Å². The number of ether oxygens (including phenoxy) is 1. The van der Waals surface area contributed by atoms with Gasteiger partial charge in [0.05, 0.1) is 17.3 Å². The highest BCUT2D eigenvalue weighted by Gasteiger charge is 2.45. The molecule has 1 aromatic heterocycles. The number of benzene rings is 2. The van der Waals surface area contributed by atoms with E-state index in [0.717, 1.165) is 53.6 Å². The minimum Gasteiger partial charge on any atom is -0.487 e. The number of pyridine rings is 1. The summed E-state index contributed by atoms with van der Waals surface area (Å²) in [5.41, 5.74) is 2.46. The van der Waals surface area contributed by atoms with Gasteiger partial charge in [-0.25, -0.2) is 4.98 Å². The highest BCUT2D eigenvalue weighted by atomic mass is 35.5. The molecule has 1 amide bonds. The fraction of sp³-hybridized carbons (Fsp3) is 0.250. The van der Waals surface area contributed by atoms with Gasteiger partial charge in [0.1, 0.15) is 11.4 Å². The molecule has 4 nitrogen and oxygen atoms in total. The molecule has 2 aliphatic rings. The van der Waals surface area contributed by atoms with Crippen LogP contribution in [0.4, 0.5) is 0 Å². The lowest BCUT2D eigenvalue weighted by Crippen LogP contribution is -2.49. The van der Waals surface area contributed by atoms with Crippen LogP contribution in [0.15, 0.2) is 60.7 Å². The van der Waals surface area contributed by atoms with E-state index in [1.807, 2.05) is 54.6 Å². The molecule has 1 spiro atoms. The normalized spacial score (nSPS) is 19.6. The molecule has 5 rings (SSSR count). The van der Waals surface area contributed by atoms with E-state index in [0.29, 0.717) is 5.02 Å². The summed E-state index contributed by atoms with van der Waals surface area (Å²) in [6, 6.07) is 17.4. The van der Waals surface area contributed by atoms with E-state index in [2.05, 4.69) is 10.3 Å². The van der Waals surface area contributed by atoms with Gasteiger partial charge in [-0.15, -0.1) is 0 Å². The van der Waals surface area contributed by atoms with Gasteiger partial charge >= 0.3 is 0 Å². The van der Waals surface area contributed by atoms with Crippen LogP contribution in [0.1, 0.15) is 43.0 Å². The van der Waals surface area contributed by atoms with Crippen LogP contribution in [0.3, 0.4) is 0 Å². The first-order valence-electron chi connectivity index (χ1n) is 9.93. The minimum atomic E-state index is -0.150. The number of para-hydroxylation sites is 1. The third-order valence-electron chi connectivity index (χ3n) is 5.86. The summed E-state index contributed by atoms with van der Waals surface area (Å²) in [5.74, 6) is 0.679. The van der Waals surface area contributed by atoms with Crippen LogP contribution in [-0.4, -0.2) is 16.5 Å². The van der Waals surface area contributed by atoms with E-state index >= 15 is 0 Å². The van der Waals surface area contributed by atoms with Crippen LogP contribution in [0.25, 0.3) is 17.0 Å². The zero-order valence-corrected chi connectivity index (χ0v) is 16.7. The second kappa shape index (κ2) is 7.20. The van der Waals surface area contributed by atoms with Crippen molar-refractivity contribution in [2.24, 2.45) is 0 Å². The maximum absolute atomic E-state index is 12.7. The Labute approximate surface area is 174 Å². The number of amides is 1. The summed E-state index contributed by atoms with van der Waals surface area (Å²) in [5, 5.41) is 4.87. The summed E-state index contributed by atoms with van der Waals surface area (Å²) in [4.78, 5) is 17.2. The lowest BCUT2D eigenvalue weighted by atomic mass is 9.73. The third-order valence-corrected chi connectivity index (χ3v) is 6.09. The Morgan fingerprint density at radius 3 is 2.86 bits per heavy atom. The standard InChI is InChI=1S/C24H21ClN2O2/c25-17-7-10-22-19(14-17)21(15-24(29-22)12-3-13-24)27-23(28)11-9-18-8-6-16-4-1-2-5-20(16)26-18/h1-2,4-11,14,21H,3,12-13,15H2,(H,27,28). The molecular weight excluding hydrogens is 384 g/mol. The van der Waals surface area contributed by atoms with Gasteiger partial charge in [0.15, 0.2) is 0 Å². The maximum Gasteiger partial charge on any atom is 0.244 e. The summed E-state index contributed by atoms with van der Waals surface area (Å²) in [7, 11) is 0. The summed E-state index contributed by atoms with van der Waals surface area (Å²) >= 11 is 6.20. The average molecular weight is 405 g/mol. The summed E-state index contributed by atoms with van der Waals surface area (Å²) < 4.78 is 6.25. The Morgan fingerprint density at radius 2 is 2.03 bits per heavy atom. The second-order valence-electron chi connectivity index (χ2n) is 7.85. The first-order chi connectivity index (χ1) is 14.1. The van der Waals surface area contributed by atoms with E-state index in [1.54, 1.807) is 12.2 Å². The maximum atomic E-state index is 12.7. The number of nitrogens with one attached hydrogen (secondary N) is 1. The zero-order valence-electron chi connectivity index (χ0n) is 15.9. The molecule has 0 saturated heterocycles. The molecule has 2 aromatic carbocycles. The average Bonchev–Trinajstić information content (AvgIpc) is 2.71. The number of hydrogen-bond donors (Lipinski definition) is 1. The van der Waals surface area contributed by atoms with Crippen LogP contribution in [0.5, 0.6) is 5.75 Å². The van der Waals surface area contributed by atoms with E-state index in [1.165, 1.54) is 0 Å². The van der Waals surface area contributed by atoms with Crippen molar-refractivity contribution in [3.63, 3.8) is 0 Å². The van der Waals surface area contributed by atoms with Crippen molar-refractivity contribution in [1.29, 1.82) is 0 Å². The van der Waals surface area contributed by atoms with E-state index in [-0.39, 0.29) is 17.6 Å². The van der Waals surface area contributed by atoms with Crippen LogP contribution in [0.2, 0.25) is 5.02 Å². The molecule has 5 heteroatoms. The zero-order chi connectivity index (χ0) is 19.8. The molecule has 1 saturated carbocycles. The largest absolute Gasteiger partial charge is 0.487 e. The number of aromatic nitrogens is 1. The van der Waals surface area contributed by atoms with Crippen molar-refractivity contribution in [3.8, 4) is 5.75 Å². The fourth-order valence-corrected chi connectivity index (χ4v) is 4.38. The molecule has 1 aliphatic heterocycles. The number of halogens is 1. The van der Waals surface area contributed by atoms with Gasteiger partial charge in [-0.05, 0) is 55.7 Å². The molecule has 1 unspecified atom stereocenters. The number of fused-ring (bicyclic) bond motifs is 2. The predicted octanol–water partition coefficient (Wildman–Crippen LogP) is 5.46. The Balaban J connectivity index is 1.35. The van der Waals surface area contributed by atoms with Gasteiger partial charge in [-0.1, -0.05) is 35.9 Å². The quantitative estimate of drug-likeness (QED) is 0.589. The molecule has 1 fully saturated rings. The number of carbonyl (C=O) groups excluding carboxylic acids is 1. The number of nitrogens with zero attached hydrogens (tertiary/aromatic N) is 1. The second-order valence-corrected chi connectivity index (χ2v) is 8.28. The SMILES string of the molecule is O=C(C=Cc1ccc2ccccc2n1)NC1CC2(CCC2)Oc2ccc(Cl)cc21. The lowest BCUT2D eigenvalue weighted by Gasteiger charge is -2.48. The topological polar surface area (TPSA) is 51.2 Å². The van der Waals surface area contributed by atoms with Gasteiger partial charge in [0, 0.05) is 28.5 Å². The Kier molecular flexibility index (Phi) is 4.51. The Bertz CT molecular complexity index is 1120. The van der Waals surface area contributed by atoms with E-state index in [9.17, 15) is 4.79 Å². The number of rotatable bonds is 3. The van der Waals surface area contributed by atoms with Crippen molar-refractivity contribution < 1.29 is 9.53 Å². The Morgan fingerprint density at radius 1 is 1.17 bits per heavy atom. The van der Waals surface area contributed by atoms with Crippen molar-refractivity contribution in [2.75, 3.05) is 0 Å². The molecule has 0 radical (unpaired) electrons. The van der Waals surface area contributed by atoms with Crippen molar-refractivity contribution >= 4 is 34.5 Å². The van der Waals surface area contributed by atoms with Crippen molar-refractivity contribution in [2.45, 2.75) is 37.3 Å². The van der Waals surface area contributed by atoms with Crippen LogP contribution < -0.4 is 10.1 Å². The van der Waals surface area contributed by atoms with Crippen molar-refractivity contribution in [3.05, 3.63) is 77.0 Å². The van der Waals surface area contributed by atoms with E-state index in [4.69, 9.17) is 16.3 Å². The van der Waals surface area contributed by atoms with Gasteiger partial charge in [-0.2, -0.15) is 0 Å². The number of hydrogen-bond acceptors (Lipinski definition) is 3. The highest BCUT2D eigenvalue weighted by molar-refractivity contribution is 6.30. The van der Waals surface area contributed by atoms with Crippen LogP contribution >= 0.6 is 11.6 Å². The van der Waals surface area contributed by atoms with Gasteiger partial charge < -0.3 is 10.1 Å². The molecule has 3 aromatic rings. The fourth-order valence-electron chi connectivity index (χ4n) is 4.20. The summed E-state index contributed by atoms with van der Waals surface area (Å²) in [6.45, 7) is 0. The predicted molar refractivity (Wildman–Crippen MR) is 115 cm³/mol. The molecular formula is C24H21ClN2O2. The third kappa shape index (κ3) is 3.60. The number of carbonyl (C=O) groups is 1. The molecule has 1 N–H and O–H groups in total. The van der Waals surface area contributed by atoms with Crippen LogP contribution in [0, 0.1) is 0 Å². The first kappa shape index (κ1) is 18.2. The van der Waals surface area contributed by atoms with Gasteiger partial charge in [0.25, 0.3) is 0 Å². The lowest BCUT2D eigenvalue weighted by molar-refractivity contribution is -0.118. The molecule has 29 heavy (non-hydrogen) atoms. The van der Waals surface area contributed by atoms with Gasteiger partial charge in [0.2, 0.25) is 5.91 Å². The molecule has 1 aliphatic carbocycles. The van der Waals surface area contributed by atoms with E-state index < -0.39 is 0 Å². The van der Waals surface area contributed by atoms with Crippen molar-refractivity contribution in [1.82, 2.24) is 10.3 Å². The monoisotopic (exact) mass is 404 g/mol. The highest BCUT2D eigenvalue weighted by Crippen LogP contribution is 2.49. The molecule has 1 atom stereocenters. The van der Waals surface area contributed by atoms with Crippen LogP contribution in [-0.2, 0) is 4.79 Å². The molecule has 146 valence electrons. The minimum absolute atomic E-state index is 0.112.